The molecule has 526 valence electrons. The van der Waals surface area contributed by atoms with Gasteiger partial charge in [-0.15, -0.1) is 0 Å². The number of carbonyl (C=O) groups excluding carboxylic acids is 5. The van der Waals surface area contributed by atoms with Gasteiger partial charge in [0.15, 0.2) is 71.5 Å². The minimum absolute atomic E-state index is 0.401. The lowest BCUT2D eigenvalue weighted by Crippen LogP contribution is -2.65. The van der Waals surface area contributed by atoms with Crippen molar-refractivity contribution in [1.29, 1.82) is 0 Å². The van der Waals surface area contributed by atoms with E-state index < -0.39 is 254 Å². The van der Waals surface area contributed by atoms with Crippen LogP contribution >= 0.6 is 0 Å². The Morgan fingerprint density at radius 2 is 0.538 bits per heavy atom. The lowest BCUT2D eigenvalue weighted by atomic mass is 9.90. The van der Waals surface area contributed by atoms with Crippen molar-refractivity contribution >= 4 is 29.8 Å². The zero-order valence-electron chi connectivity index (χ0n) is 56.7. The van der Waals surface area contributed by atoms with Crippen molar-refractivity contribution in [3.05, 3.63) is 0 Å². The van der Waals surface area contributed by atoms with Gasteiger partial charge in [-0.3, -0.25) is 19.2 Å². The summed E-state index contributed by atoms with van der Waals surface area (Å²) < 4.78 is 140. The number of ether oxygens (including phenoxy) is 22. The van der Waals surface area contributed by atoms with Crippen molar-refractivity contribution in [3.8, 4) is 0 Å². The van der Waals surface area contributed by atoms with Crippen molar-refractivity contribution in [3.63, 3.8) is 0 Å². The molecule has 4 N–H and O–H groups in total. The summed E-state index contributed by atoms with van der Waals surface area (Å²) in [4.78, 5) is 73.6. The number of esters is 1. The summed E-state index contributed by atoms with van der Waals surface area (Å²) in [5.74, 6) is -12.1. The number of hydrogen-bond donors (Lipinski definition) is 4. The summed E-state index contributed by atoms with van der Waals surface area (Å²) in [6, 6.07) is -5.02. The molecule has 12 saturated heterocycles. The molecule has 0 aromatic carbocycles. The minimum atomic E-state index is -1.33. The van der Waals surface area contributed by atoms with Crippen molar-refractivity contribution in [2.75, 3.05) is 7.11 Å². The topological polar surface area (TPSA) is 337 Å². The largest absolute Gasteiger partial charge is 0.469 e. The Hall–Kier alpha value is -3.65. The molecular formula is C62H96N4O27. The number of rotatable bonds is 16. The van der Waals surface area contributed by atoms with Crippen LogP contribution in [-0.2, 0) is 123 Å². The third-order valence-corrected chi connectivity index (χ3v) is 17.9. The van der Waals surface area contributed by atoms with Crippen LogP contribution in [0.1, 0.15) is 157 Å². The molecule has 12 heterocycles. The van der Waals surface area contributed by atoms with E-state index in [9.17, 15) is 9.59 Å². The first kappa shape index (κ1) is 69.3. The van der Waals surface area contributed by atoms with Crippen LogP contribution in [0.3, 0.4) is 0 Å². The summed E-state index contributed by atoms with van der Waals surface area (Å²) in [6.45, 7) is 32.7. The highest BCUT2D eigenvalue weighted by Crippen LogP contribution is 2.50. The monoisotopic (exact) mass is 1330 g/mol. The van der Waals surface area contributed by atoms with Gasteiger partial charge in [0.1, 0.15) is 103 Å². The molecule has 24 atom stereocenters. The number of methoxy groups -OCH3 is 1. The van der Waals surface area contributed by atoms with Gasteiger partial charge in [0.2, 0.25) is 17.7 Å². The van der Waals surface area contributed by atoms with Gasteiger partial charge in [-0.2, -0.15) is 0 Å². The maximum atomic E-state index is 15.7. The molecule has 12 fully saturated rings. The second-order valence-corrected chi connectivity index (χ2v) is 30.7. The van der Waals surface area contributed by atoms with Gasteiger partial charge in [0.05, 0.1) is 37.7 Å². The molecule has 0 aromatic heterocycles. The van der Waals surface area contributed by atoms with Crippen LogP contribution in [0.25, 0.3) is 0 Å². The third kappa shape index (κ3) is 14.7. The molecule has 93 heavy (non-hydrogen) atoms. The molecule has 12 aliphatic heterocycles. The fraction of sp³-hybridized carbons (Fsp3) is 0.919. The van der Waals surface area contributed by atoms with E-state index in [1.54, 1.807) is 132 Å². The van der Waals surface area contributed by atoms with Gasteiger partial charge in [-0.05, 0) is 132 Å². The summed E-state index contributed by atoms with van der Waals surface area (Å²) in [7, 11) is 1.22. The molecule has 0 bridgehead atoms. The molecule has 4 amide bonds. The van der Waals surface area contributed by atoms with Gasteiger partial charge < -0.3 is 125 Å². The van der Waals surface area contributed by atoms with E-state index in [-0.39, 0.29) is 0 Å². The van der Waals surface area contributed by atoms with E-state index in [2.05, 4.69) is 21.3 Å². The SMILES string of the molecule is COC(=O)C[C@@H](NC(=O)C[C@H](NC(=O)C[C@@H](NC(=O)C[C@H](NC(=O)OC(C)(C)C)[C@H]1O[C@@H]2OC(C)(C)O[C@@H]2[C@H]2OC(C)(C)O[C@H]21)[C@H]1O[C@@H]2OC(C)(C)O[C@@H]2[C@H]2OC(C)(C)O[C@H]21)[C@H]1O[C@@H]2OC(C)(C)O[C@@H]2[C@H]2OC(C)(C)O[C@H]21)[C@H]1O[C@@H]2OC(C)(C)O[C@@H]2[C@H]2OC(C)(C)O[C@H]21. The molecule has 31 heteroatoms. The van der Waals surface area contributed by atoms with Gasteiger partial charge in [-0.25, -0.2) is 4.79 Å². The van der Waals surface area contributed by atoms with Crippen LogP contribution in [0.15, 0.2) is 0 Å². The molecule has 0 saturated carbocycles. The molecule has 0 aliphatic carbocycles. The predicted octanol–water partition coefficient (Wildman–Crippen LogP) is 2.65. The molecular weight excluding hydrogens is 1230 g/mol. The summed E-state index contributed by atoms with van der Waals surface area (Å²) in [5, 5.41) is 12.0. The van der Waals surface area contributed by atoms with E-state index in [1.165, 1.54) is 7.11 Å². The highest BCUT2D eigenvalue weighted by molar-refractivity contribution is 5.83. The summed E-state index contributed by atoms with van der Waals surface area (Å²) in [6.07, 6.45) is -21.9. The quantitative estimate of drug-likeness (QED) is 0.161. The molecule has 0 radical (unpaired) electrons. The van der Waals surface area contributed by atoms with Crippen molar-refractivity contribution < 1.29 is 128 Å². The number of alkyl carbamates (subject to hydrolysis) is 1. The van der Waals surface area contributed by atoms with E-state index in [1.807, 2.05) is 0 Å². The van der Waals surface area contributed by atoms with Gasteiger partial charge in [-0.1, -0.05) is 0 Å². The highest BCUT2D eigenvalue weighted by Gasteiger charge is 2.67. The Bertz CT molecular complexity index is 2850. The number of fused-ring (bicyclic) bond motifs is 12. The van der Waals surface area contributed by atoms with E-state index in [0.717, 1.165) is 0 Å². The zero-order valence-corrected chi connectivity index (χ0v) is 56.7. The first-order valence-electron chi connectivity index (χ1n) is 32.3. The van der Waals surface area contributed by atoms with Crippen LogP contribution in [0, 0.1) is 0 Å². The third-order valence-electron chi connectivity index (χ3n) is 17.9. The minimum Gasteiger partial charge on any atom is -0.469 e. The van der Waals surface area contributed by atoms with E-state index >= 15 is 14.4 Å². The second-order valence-electron chi connectivity index (χ2n) is 30.7. The number of amides is 4. The standard InChI is InChI=1S/C62H96N4O27/c1-54(2,3)93-53(71)66-27(35-39-43(83-57(8,9)79-39)47-51(75-35)91-61(16,17)87-47)23-31(69)64-25(33-37-41(81-55(4,5)77-37)45-49(73-33)89-59(12,13)85-45)21-29(67)63-26(34-38-42(82-56(6,7)78-38)46-50(74-34)90-60(14,15)86-46)22-30(68)65-28(24-32(70)72-20)36-40-44(84-58(10,11)80-40)48-52(76-36)92-62(18,19)88-48/h25-28,33-52H,21-24H2,1-20H3,(H,63,67)(H,64,69)(H,65,68)(H,66,71)/t25-,26+,27+,28-,33-,34-,35-,36-,37+,38+,39+,40+,41+,42+,43+,44+,45-,46-,47-,48-,49-,50-,51-,52-/m1/s1. The van der Waals surface area contributed by atoms with Crippen LogP contribution in [0.5, 0.6) is 0 Å². The maximum absolute atomic E-state index is 15.7. The number of nitrogens with one attached hydrogen (secondary N) is 4. The highest BCUT2D eigenvalue weighted by atomic mass is 16.9. The molecule has 0 aromatic rings. The Labute approximate surface area is 540 Å². The van der Waals surface area contributed by atoms with E-state index in [0.29, 0.717) is 0 Å². The lowest BCUT2D eigenvalue weighted by Gasteiger charge is -2.43. The Balaban J connectivity index is 0.873. The van der Waals surface area contributed by atoms with Crippen molar-refractivity contribution in [2.45, 2.75) is 356 Å². The Morgan fingerprint density at radius 3 is 0.785 bits per heavy atom. The first-order valence-corrected chi connectivity index (χ1v) is 32.3. The van der Waals surface area contributed by atoms with Crippen molar-refractivity contribution in [2.24, 2.45) is 0 Å². The maximum Gasteiger partial charge on any atom is 0.407 e. The molecule has 12 rings (SSSR count). The molecule has 12 aliphatic rings. The van der Waals surface area contributed by atoms with Gasteiger partial charge >= 0.3 is 12.1 Å². The normalized spacial score (nSPS) is 42.2. The van der Waals surface area contributed by atoms with E-state index in [4.69, 9.17) is 104 Å². The summed E-state index contributed by atoms with van der Waals surface area (Å²) in [5.41, 5.74) is -0.967. The Morgan fingerprint density at radius 1 is 0.323 bits per heavy atom. The number of hydrogen-bond acceptors (Lipinski definition) is 27. The fourth-order valence-corrected chi connectivity index (χ4v) is 15.0. The van der Waals surface area contributed by atoms with Crippen LogP contribution in [0.2, 0.25) is 0 Å². The van der Waals surface area contributed by atoms with Crippen LogP contribution < -0.4 is 21.3 Å². The predicted molar refractivity (Wildman–Crippen MR) is 310 cm³/mol. The van der Waals surface area contributed by atoms with Gasteiger partial charge in [0, 0.05) is 19.3 Å². The number of carbonyl (C=O) groups is 5. The average molecular weight is 1330 g/mol. The van der Waals surface area contributed by atoms with Crippen LogP contribution in [0.4, 0.5) is 4.79 Å². The van der Waals surface area contributed by atoms with Crippen molar-refractivity contribution in [1.82, 2.24) is 21.3 Å². The lowest BCUT2D eigenvalue weighted by molar-refractivity contribution is -0.242. The molecule has 0 unspecified atom stereocenters. The first-order chi connectivity index (χ1) is 42.9. The average Bonchev–Trinajstić information content (AvgIpc) is 1.62. The van der Waals surface area contributed by atoms with Crippen LogP contribution in [-0.4, -0.2) is 236 Å². The summed E-state index contributed by atoms with van der Waals surface area (Å²) >= 11 is 0. The molecule has 0 spiro atoms. The fourth-order valence-electron chi connectivity index (χ4n) is 15.0. The smallest absolute Gasteiger partial charge is 0.407 e. The Kier molecular flexibility index (Phi) is 17.9. The van der Waals surface area contributed by atoms with Gasteiger partial charge in [0.25, 0.3) is 0 Å². The molecule has 31 nitrogen and oxygen atoms in total. The second kappa shape index (κ2) is 24.1. The zero-order chi connectivity index (χ0) is 67.5.